The molecule has 1 heterocycles. The second-order valence-corrected chi connectivity index (χ2v) is 2.45. The zero-order valence-corrected chi connectivity index (χ0v) is 6.62. The quantitative estimate of drug-likeness (QED) is 0.623. The first kappa shape index (κ1) is 8.08. The van der Waals surface area contributed by atoms with Gasteiger partial charge in [0.2, 0.25) is 0 Å². The Balaban J connectivity index is 2.64. The van der Waals surface area contributed by atoms with Crippen LogP contribution >= 0.6 is 0 Å². The highest BCUT2D eigenvalue weighted by atomic mass is 16.3. The Morgan fingerprint density at radius 2 is 2.36 bits per heavy atom. The van der Waals surface area contributed by atoms with E-state index in [4.69, 9.17) is 0 Å². The lowest BCUT2D eigenvalue weighted by molar-refractivity contribution is 0.210. The summed E-state index contributed by atoms with van der Waals surface area (Å²) < 4.78 is 0. The number of hydrogen-bond acceptors (Lipinski definition) is 2. The van der Waals surface area contributed by atoms with Gasteiger partial charge in [0.25, 0.3) is 0 Å². The first-order valence-electron chi connectivity index (χ1n) is 3.82. The van der Waals surface area contributed by atoms with Crippen LogP contribution in [0.25, 0.3) is 0 Å². The molecule has 0 bridgehead atoms. The summed E-state index contributed by atoms with van der Waals surface area (Å²) in [7, 11) is 0. The van der Waals surface area contributed by atoms with Crippen LogP contribution in [0.1, 0.15) is 13.3 Å². The molecule has 0 fully saturated rings. The molecule has 1 rings (SSSR count). The summed E-state index contributed by atoms with van der Waals surface area (Å²) in [6.45, 7) is 1.96. The highest BCUT2D eigenvalue weighted by molar-refractivity contribution is 5.27. The fourth-order valence-electron chi connectivity index (χ4n) is 0.913. The molecular formula is C9H13NO. The van der Waals surface area contributed by atoms with E-state index in [1.165, 1.54) is 0 Å². The number of rotatable bonds is 2. The lowest BCUT2D eigenvalue weighted by Gasteiger charge is -2.07. The van der Waals surface area contributed by atoms with Crippen molar-refractivity contribution in [3.05, 3.63) is 36.2 Å². The van der Waals surface area contributed by atoms with Crippen molar-refractivity contribution >= 4 is 0 Å². The van der Waals surface area contributed by atoms with E-state index in [2.05, 4.69) is 5.32 Å². The maximum Gasteiger partial charge on any atom is 0.0801 e. The van der Waals surface area contributed by atoms with Crippen molar-refractivity contribution in [2.75, 3.05) is 0 Å². The maximum atomic E-state index is 9.42. The van der Waals surface area contributed by atoms with E-state index in [-0.39, 0.29) is 6.10 Å². The topological polar surface area (TPSA) is 32.3 Å². The predicted molar refractivity (Wildman–Crippen MR) is 45.8 cm³/mol. The Morgan fingerprint density at radius 1 is 1.55 bits per heavy atom. The summed E-state index contributed by atoms with van der Waals surface area (Å²) in [5.74, 6) is 0. The van der Waals surface area contributed by atoms with Crippen LogP contribution in [0.2, 0.25) is 0 Å². The zero-order chi connectivity index (χ0) is 8.10. The molecule has 0 aliphatic carbocycles. The van der Waals surface area contributed by atoms with Crippen LogP contribution in [0.15, 0.2) is 36.2 Å². The van der Waals surface area contributed by atoms with Crippen LogP contribution < -0.4 is 5.32 Å². The van der Waals surface area contributed by atoms with Crippen LogP contribution in [-0.2, 0) is 0 Å². The van der Waals surface area contributed by atoms with Gasteiger partial charge < -0.3 is 10.4 Å². The monoisotopic (exact) mass is 151 g/mol. The summed E-state index contributed by atoms with van der Waals surface area (Å²) in [5, 5.41) is 12.4. The number of nitrogens with one attached hydrogen (secondary N) is 1. The molecule has 1 unspecified atom stereocenters. The van der Waals surface area contributed by atoms with Gasteiger partial charge in [-0.25, -0.2) is 0 Å². The average molecular weight is 151 g/mol. The van der Waals surface area contributed by atoms with Gasteiger partial charge in [0.1, 0.15) is 0 Å². The molecule has 0 amide bonds. The molecule has 1 aliphatic heterocycles. The fourth-order valence-corrected chi connectivity index (χ4v) is 0.913. The molecule has 2 nitrogen and oxygen atoms in total. The molecule has 0 saturated heterocycles. The molecule has 60 valence electrons. The number of aliphatic hydroxyl groups excluding tert-OH is 1. The summed E-state index contributed by atoms with van der Waals surface area (Å²) in [6, 6.07) is 0. The molecule has 1 aliphatic rings. The number of hydrogen-bond donors (Lipinski definition) is 2. The minimum Gasteiger partial charge on any atom is -0.388 e. The molecule has 2 N–H and O–H groups in total. The Bertz CT molecular complexity index is 204. The highest BCUT2D eigenvalue weighted by Gasteiger charge is 2.04. The Labute approximate surface area is 66.9 Å². The summed E-state index contributed by atoms with van der Waals surface area (Å²) in [5.41, 5.74) is 0.928. The van der Waals surface area contributed by atoms with Crippen molar-refractivity contribution in [2.45, 2.75) is 19.4 Å². The van der Waals surface area contributed by atoms with Crippen LogP contribution in [-0.4, -0.2) is 11.2 Å². The third kappa shape index (κ3) is 2.24. The van der Waals surface area contributed by atoms with Gasteiger partial charge in [-0.05, 0) is 18.1 Å². The van der Waals surface area contributed by atoms with Gasteiger partial charge >= 0.3 is 0 Å². The molecule has 0 aromatic rings. The van der Waals surface area contributed by atoms with E-state index in [1.807, 2.05) is 37.6 Å². The second kappa shape index (κ2) is 3.98. The Morgan fingerprint density at radius 3 is 3.09 bits per heavy atom. The number of aliphatic hydroxyl groups is 1. The largest absolute Gasteiger partial charge is 0.388 e. The first-order valence-corrected chi connectivity index (χ1v) is 3.82. The van der Waals surface area contributed by atoms with Crippen molar-refractivity contribution in [3.8, 4) is 0 Å². The Hall–Kier alpha value is -1.02. The molecule has 2 heteroatoms. The van der Waals surface area contributed by atoms with Crippen LogP contribution in [0.3, 0.4) is 0 Å². The molecule has 1 atom stereocenters. The van der Waals surface area contributed by atoms with Crippen LogP contribution in [0.4, 0.5) is 0 Å². The standard InChI is InChI=1S/C9H13NO/c1-2-9(11)8-5-3-4-6-10-7-8/h3-7,9-11H,2H2,1H3. The van der Waals surface area contributed by atoms with Gasteiger partial charge in [-0.3, -0.25) is 0 Å². The average Bonchev–Trinajstić information content (AvgIpc) is 2.30. The second-order valence-electron chi connectivity index (χ2n) is 2.45. The lowest BCUT2D eigenvalue weighted by atomic mass is 10.1. The first-order chi connectivity index (χ1) is 5.34. The number of allylic oxidation sites excluding steroid dienone is 2. The molecule has 0 saturated carbocycles. The molecule has 0 aromatic heterocycles. The predicted octanol–water partition coefficient (Wildman–Crippen LogP) is 1.31. The molecule has 0 spiro atoms. The summed E-state index contributed by atoms with van der Waals surface area (Å²) >= 11 is 0. The molecule has 0 aromatic carbocycles. The van der Waals surface area contributed by atoms with E-state index >= 15 is 0 Å². The summed E-state index contributed by atoms with van der Waals surface area (Å²) in [4.78, 5) is 0. The van der Waals surface area contributed by atoms with E-state index in [0.29, 0.717) is 0 Å². The van der Waals surface area contributed by atoms with Crippen molar-refractivity contribution < 1.29 is 5.11 Å². The van der Waals surface area contributed by atoms with E-state index in [0.717, 1.165) is 12.0 Å². The fraction of sp³-hybridized carbons (Fsp3) is 0.333. The third-order valence-corrected chi connectivity index (χ3v) is 1.61. The van der Waals surface area contributed by atoms with Crippen molar-refractivity contribution in [1.29, 1.82) is 0 Å². The van der Waals surface area contributed by atoms with Crippen LogP contribution in [0.5, 0.6) is 0 Å². The minimum absolute atomic E-state index is 0.348. The maximum absolute atomic E-state index is 9.42. The van der Waals surface area contributed by atoms with Crippen molar-refractivity contribution in [2.24, 2.45) is 0 Å². The van der Waals surface area contributed by atoms with Gasteiger partial charge in [0, 0.05) is 12.4 Å². The normalized spacial score (nSPS) is 18.5. The van der Waals surface area contributed by atoms with E-state index in [9.17, 15) is 5.11 Å². The van der Waals surface area contributed by atoms with Crippen molar-refractivity contribution in [1.82, 2.24) is 5.32 Å². The minimum atomic E-state index is -0.348. The SMILES string of the molecule is CCC(O)C1=CNC=CC=C1. The molecule has 11 heavy (non-hydrogen) atoms. The smallest absolute Gasteiger partial charge is 0.0801 e. The molecule has 0 radical (unpaired) electrons. The van der Waals surface area contributed by atoms with Gasteiger partial charge in [-0.2, -0.15) is 0 Å². The van der Waals surface area contributed by atoms with Crippen molar-refractivity contribution in [3.63, 3.8) is 0 Å². The zero-order valence-electron chi connectivity index (χ0n) is 6.62. The van der Waals surface area contributed by atoms with Gasteiger partial charge in [0.15, 0.2) is 0 Å². The Kier molecular flexibility index (Phi) is 2.93. The van der Waals surface area contributed by atoms with E-state index in [1.54, 1.807) is 0 Å². The molecular weight excluding hydrogens is 138 g/mol. The van der Waals surface area contributed by atoms with E-state index < -0.39 is 0 Å². The highest BCUT2D eigenvalue weighted by Crippen LogP contribution is 2.08. The third-order valence-electron chi connectivity index (χ3n) is 1.61. The van der Waals surface area contributed by atoms with Gasteiger partial charge in [-0.1, -0.05) is 19.1 Å². The van der Waals surface area contributed by atoms with Gasteiger partial charge in [0.05, 0.1) is 6.10 Å². The lowest BCUT2D eigenvalue weighted by Crippen LogP contribution is -2.08. The van der Waals surface area contributed by atoms with Gasteiger partial charge in [-0.15, -0.1) is 0 Å². The summed E-state index contributed by atoms with van der Waals surface area (Å²) in [6.07, 6.45) is 9.75. The van der Waals surface area contributed by atoms with Crippen LogP contribution in [0, 0.1) is 0 Å².